The molecule has 3 aromatic rings. The molecule has 36 heavy (non-hydrogen) atoms. The topological polar surface area (TPSA) is 81.3 Å². The summed E-state index contributed by atoms with van der Waals surface area (Å²) in [5.41, 5.74) is 3.82. The zero-order valence-electron chi connectivity index (χ0n) is 19.3. The lowest BCUT2D eigenvalue weighted by atomic mass is 10.0. The molecule has 0 saturated heterocycles. The van der Waals surface area contributed by atoms with Crippen molar-refractivity contribution in [3.63, 3.8) is 0 Å². The second-order valence-corrected chi connectivity index (χ2v) is 9.53. The fraction of sp³-hybridized carbons (Fsp3) is 0.417. The standard InChI is InChI=1S/C24H25F6N3O2S/c1-22(31,14-34)21-33-32-20(36-21)16-9-10-19(18(13-16)24(28,29)30)35-11-4-2-3-6-15-7-5-8-17(12-15)23(25,26)27/h5,7-10,12-13,34H,2-4,6,11,14,31H2,1H3. The highest BCUT2D eigenvalue weighted by atomic mass is 32.1. The first-order chi connectivity index (χ1) is 16.8. The van der Waals surface area contributed by atoms with Crippen LogP contribution in [0.15, 0.2) is 42.5 Å². The highest BCUT2D eigenvalue weighted by Gasteiger charge is 2.35. The quantitative estimate of drug-likeness (QED) is 0.240. The molecule has 5 nitrogen and oxygen atoms in total. The van der Waals surface area contributed by atoms with Crippen LogP contribution in [0.25, 0.3) is 10.6 Å². The Labute approximate surface area is 207 Å². The Hall–Kier alpha value is -2.70. The maximum atomic E-state index is 13.7. The van der Waals surface area contributed by atoms with Gasteiger partial charge in [-0.15, -0.1) is 10.2 Å². The highest BCUT2D eigenvalue weighted by molar-refractivity contribution is 7.14. The number of benzene rings is 2. The number of aliphatic hydroxyl groups is 1. The fourth-order valence-corrected chi connectivity index (χ4v) is 4.23. The van der Waals surface area contributed by atoms with E-state index < -0.39 is 35.6 Å². The lowest BCUT2D eigenvalue weighted by Crippen LogP contribution is -2.36. The van der Waals surface area contributed by atoms with Gasteiger partial charge in [-0.1, -0.05) is 29.5 Å². The number of rotatable bonds is 10. The Kier molecular flexibility index (Phi) is 8.63. The fourth-order valence-electron chi connectivity index (χ4n) is 3.34. The lowest BCUT2D eigenvalue weighted by molar-refractivity contribution is -0.139. The Morgan fingerprint density at radius 2 is 1.69 bits per heavy atom. The second kappa shape index (κ2) is 11.1. The number of halogens is 6. The molecule has 0 radical (unpaired) electrons. The molecule has 0 aliphatic carbocycles. The van der Waals surface area contributed by atoms with Gasteiger partial charge in [-0.3, -0.25) is 0 Å². The largest absolute Gasteiger partial charge is 0.493 e. The summed E-state index contributed by atoms with van der Waals surface area (Å²) in [6.07, 6.45) is -7.06. The normalized spacial score (nSPS) is 14.0. The van der Waals surface area contributed by atoms with Crippen LogP contribution in [-0.4, -0.2) is 28.5 Å². The van der Waals surface area contributed by atoms with Crippen LogP contribution >= 0.6 is 11.3 Å². The Morgan fingerprint density at radius 1 is 0.944 bits per heavy atom. The van der Waals surface area contributed by atoms with Gasteiger partial charge in [-0.25, -0.2) is 0 Å². The van der Waals surface area contributed by atoms with Crippen LogP contribution in [0.5, 0.6) is 5.75 Å². The number of ether oxygens (including phenoxy) is 1. The summed E-state index contributed by atoms with van der Waals surface area (Å²) in [6.45, 7) is 1.16. The molecule has 1 atom stereocenters. The number of hydrogen-bond donors (Lipinski definition) is 2. The molecule has 0 amide bonds. The zero-order valence-corrected chi connectivity index (χ0v) is 20.1. The van der Waals surface area contributed by atoms with E-state index in [4.69, 9.17) is 10.5 Å². The Balaban J connectivity index is 1.59. The molecular weight excluding hydrogens is 508 g/mol. The van der Waals surface area contributed by atoms with Gasteiger partial charge in [0.2, 0.25) is 0 Å². The van der Waals surface area contributed by atoms with Crippen molar-refractivity contribution < 1.29 is 36.2 Å². The average molecular weight is 534 g/mol. The van der Waals surface area contributed by atoms with Crippen LogP contribution in [0.1, 0.15) is 47.9 Å². The second-order valence-electron chi connectivity index (χ2n) is 8.55. The number of aromatic nitrogens is 2. The number of nitrogens with two attached hydrogens (primary N) is 1. The SMILES string of the molecule is CC(N)(CO)c1nnc(-c2ccc(OCCCCCc3cccc(C(F)(F)F)c3)c(C(F)(F)F)c2)s1. The number of unbranched alkanes of at least 4 members (excludes halogenated alkanes) is 2. The van der Waals surface area contributed by atoms with E-state index >= 15 is 0 Å². The van der Waals surface area contributed by atoms with E-state index in [0.717, 1.165) is 29.5 Å². The van der Waals surface area contributed by atoms with Crippen molar-refractivity contribution >= 4 is 11.3 Å². The van der Waals surface area contributed by atoms with E-state index in [-0.39, 0.29) is 22.9 Å². The van der Waals surface area contributed by atoms with Crippen molar-refractivity contribution in [3.8, 4) is 16.3 Å². The minimum absolute atomic E-state index is 0.0238. The molecule has 3 N–H and O–H groups in total. The molecule has 0 aliphatic heterocycles. The zero-order chi connectivity index (χ0) is 26.6. The summed E-state index contributed by atoms with van der Waals surface area (Å²) >= 11 is 0.992. The summed E-state index contributed by atoms with van der Waals surface area (Å²) < 4.78 is 84.8. The van der Waals surface area contributed by atoms with Gasteiger partial charge in [0.25, 0.3) is 0 Å². The number of alkyl halides is 6. The monoisotopic (exact) mass is 533 g/mol. The molecule has 0 saturated carbocycles. The molecule has 1 heterocycles. The Morgan fingerprint density at radius 3 is 2.36 bits per heavy atom. The van der Waals surface area contributed by atoms with Gasteiger partial charge < -0.3 is 15.6 Å². The van der Waals surface area contributed by atoms with E-state index in [1.807, 2.05) is 0 Å². The summed E-state index contributed by atoms with van der Waals surface area (Å²) in [7, 11) is 0. The van der Waals surface area contributed by atoms with Crippen LogP contribution in [0.2, 0.25) is 0 Å². The number of aryl methyl sites for hydroxylation is 1. The van der Waals surface area contributed by atoms with Crippen molar-refractivity contribution in [1.82, 2.24) is 10.2 Å². The maximum absolute atomic E-state index is 13.7. The molecule has 196 valence electrons. The minimum atomic E-state index is -4.67. The third-order valence-electron chi connectivity index (χ3n) is 5.40. The van der Waals surface area contributed by atoms with E-state index in [2.05, 4.69) is 10.2 Å². The predicted octanol–water partition coefficient (Wildman–Crippen LogP) is 6.20. The van der Waals surface area contributed by atoms with Crippen molar-refractivity contribution in [2.45, 2.75) is 50.5 Å². The van der Waals surface area contributed by atoms with Crippen LogP contribution in [0.3, 0.4) is 0 Å². The summed E-state index contributed by atoms with van der Waals surface area (Å²) in [4.78, 5) is 0. The average Bonchev–Trinajstić information content (AvgIpc) is 3.32. The van der Waals surface area contributed by atoms with Crippen molar-refractivity contribution in [1.29, 1.82) is 0 Å². The first-order valence-corrected chi connectivity index (χ1v) is 11.9. The van der Waals surface area contributed by atoms with E-state index in [1.165, 1.54) is 25.1 Å². The van der Waals surface area contributed by atoms with Crippen molar-refractivity contribution in [3.05, 3.63) is 64.2 Å². The highest BCUT2D eigenvalue weighted by Crippen LogP contribution is 2.40. The van der Waals surface area contributed by atoms with Crippen LogP contribution < -0.4 is 10.5 Å². The smallest absolute Gasteiger partial charge is 0.419 e. The molecule has 2 aromatic carbocycles. The van der Waals surface area contributed by atoms with E-state index in [1.54, 1.807) is 6.07 Å². The minimum Gasteiger partial charge on any atom is -0.493 e. The van der Waals surface area contributed by atoms with Crippen molar-refractivity contribution in [2.24, 2.45) is 5.73 Å². The van der Waals surface area contributed by atoms with Crippen molar-refractivity contribution in [2.75, 3.05) is 13.2 Å². The van der Waals surface area contributed by atoms with Gasteiger partial charge in [-0.2, -0.15) is 26.3 Å². The number of aliphatic hydroxyl groups excluding tert-OH is 1. The summed E-state index contributed by atoms with van der Waals surface area (Å²) in [6, 6.07) is 8.67. The van der Waals surface area contributed by atoms with E-state index in [9.17, 15) is 31.4 Å². The number of hydrogen-bond acceptors (Lipinski definition) is 6. The van der Waals surface area contributed by atoms with Gasteiger partial charge in [-0.05, 0) is 62.4 Å². The van der Waals surface area contributed by atoms with Crippen LogP contribution in [0.4, 0.5) is 26.3 Å². The molecular formula is C24H25F6N3O2S. The summed E-state index contributed by atoms with van der Waals surface area (Å²) in [5.74, 6) is -0.326. The molecule has 0 spiro atoms. The van der Waals surface area contributed by atoms with Gasteiger partial charge in [0, 0.05) is 5.56 Å². The molecule has 0 aliphatic rings. The van der Waals surface area contributed by atoms with E-state index in [0.29, 0.717) is 36.3 Å². The first kappa shape index (κ1) is 27.9. The Bertz CT molecular complexity index is 1160. The van der Waals surface area contributed by atoms with Crippen LogP contribution in [0, 0.1) is 0 Å². The van der Waals surface area contributed by atoms with Gasteiger partial charge in [0.1, 0.15) is 15.8 Å². The molecule has 12 heteroatoms. The van der Waals surface area contributed by atoms with Gasteiger partial charge in [0.15, 0.2) is 0 Å². The number of nitrogens with zero attached hydrogens (tertiary/aromatic N) is 2. The van der Waals surface area contributed by atoms with Gasteiger partial charge >= 0.3 is 12.4 Å². The summed E-state index contributed by atoms with van der Waals surface area (Å²) in [5, 5.41) is 17.7. The first-order valence-electron chi connectivity index (χ1n) is 11.1. The van der Waals surface area contributed by atoms with Crippen LogP contribution in [-0.2, 0) is 24.3 Å². The molecule has 1 unspecified atom stereocenters. The third kappa shape index (κ3) is 7.17. The molecule has 1 aromatic heterocycles. The lowest BCUT2D eigenvalue weighted by Gasteiger charge is -2.17. The predicted molar refractivity (Wildman–Crippen MR) is 123 cm³/mol. The molecule has 0 fully saturated rings. The molecule has 0 bridgehead atoms. The van der Waals surface area contributed by atoms with Gasteiger partial charge in [0.05, 0.1) is 29.9 Å². The molecule has 3 rings (SSSR count). The third-order valence-corrected chi connectivity index (χ3v) is 6.65. The maximum Gasteiger partial charge on any atom is 0.419 e.